The molecule has 0 aliphatic heterocycles. The second-order valence-electron chi connectivity index (χ2n) is 4.09. The van der Waals surface area contributed by atoms with Crippen molar-refractivity contribution in [3.63, 3.8) is 0 Å². The van der Waals surface area contributed by atoms with Crippen molar-refractivity contribution in [2.75, 3.05) is 13.2 Å². The van der Waals surface area contributed by atoms with Crippen molar-refractivity contribution in [1.82, 2.24) is 0 Å². The number of carbonyl (C=O) groups is 1. The molecule has 0 fully saturated rings. The smallest absolute Gasteiger partial charge is 0.319 e. The maximum Gasteiger partial charge on any atom is 0.319 e. The molecule has 0 aromatic heterocycles. The molecule has 0 rings (SSSR count). The molecule has 4 nitrogen and oxygen atoms in total. The minimum absolute atomic E-state index is 0.0276. The first-order valence-corrected chi connectivity index (χ1v) is 6.53. The van der Waals surface area contributed by atoms with Crippen molar-refractivity contribution < 1.29 is 14.0 Å². The van der Waals surface area contributed by atoms with Crippen LogP contribution in [0.5, 0.6) is 0 Å². The molecule has 0 unspecified atom stereocenters. The molecule has 2 N–H and O–H groups in total. The highest BCUT2D eigenvalue weighted by molar-refractivity contribution is 6.27. The minimum atomic E-state index is -0.467. The van der Waals surface area contributed by atoms with E-state index in [1.54, 1.807) is 0 Å². The Morgan fingerprint density at radius 3 is 2.57 bits per heavy atom. The number of hydrogen-bond acceptors (Lipinski definition) is 4. The van der Waals surface area contributed by atoms with Gasteiger partial charge in [0, 0.05) is 5.60 Å². The first-order valence-electron chi connectivity index (χ1n) is 4.95. The Morgan fingerprint density at radius 2 is 2.07 bits per heavy atom. The van der Waals surface area contributed by atoms with E-state index in [0.717, 1.165) is 12.5 Å². The zero-order valence-corrected chi connectivity index (χ0v) is 10.8. The molecule has 0 aromatic carbocycles. The van der Waals surface area contributed by atoms with E-state index >= 15 is 0 Å². The third kappa shape index (κ3) is 9.69. The van der Waals surface area contributed by atoms with E-state index in [1.165, 1.54) is 0 Å². The van der Waals surface area contributed by atoms with Crippen LogP contribution in [-0.4, -0.2) is 34.5 Å². The molecule has 0 atom stereocenters. The summed E-state index contributed by atoms with van der Waals surface area (Å²) < 4.78 is 10.5. The van der Waals surface area contributed by atoms with E-state index in [0.29, 0.717) is 6.61 Å². The van der Waals surface area contributed by atoms with Crippen LogP contribution in [0, 0.1) is 0 Å². The second-order valence-corrected chi connectivity index (χ2v) is 5.50. The van der Waals surface area contributed by atoms with Crippen LogP contribution in [0.15, 0.2) is 0 Å². The van der Waals surface area contributed by atoms with Crippen molar-refractivity contribution in [3.05, 3.63) is 0 Å². The summed E-state index contributed by atoms with van der Waals surface area (Å²) in [6.07, 6.45) is 0.883. The lowest BCUT2D eigenvalue weighted by molar-refractivity contribution is -0.141. The van der Waals surface area contributed by atoms with Crippen LogP contribution in [0.2, 0.25) is 6.04 Å². The van der Waals surface area contributed by atoms with Crippen LogP contribution < -0.4 is 5.73 Å². The van der Waals surface area contributed by atoms with E-state index in [9.17, 15) is 4.79 Å². The average molecular weight is 219 g/mol. The van der Waals surface area contributed by atoms with Crippen LogP contribution in [0.3, 0.4) is 0 Å². The summed E-state index contributed by atoms with van der Waals surface area (Å²) in [5.74, 6) is -0.330. The summed E-state index contributed by atoms with van der Waals surface area (Å²) in [6.45, 7) is 6.59. The molecule has 0 aliphatic rings. The van der Waals surface area contributed by atoms with Crippen LogP contribution in [0.1, 0.15) is 27.2 Å². The Hall–Kier alpha value is -0.393. The number of carbonyl (C=O) groups excluding carboxylic acids is 1. The van der Waals surface area contributed by atoms with Gasteiger partial charge in [-0.3, -0.25) is 4.79 Å². The van der Waals surface area contributed by atoms with Crippen molar-refractivity contribution >= 4 is 15.7 Å². The van der Waals surface area contributed by atoms with Gasteiger partial charge in [0.25, 0.3) is 0 Å². The predicted molar refractivity (Wildman–Crippen MR) is 58.8 cm³/mol. The standard InChI is InChI=1S/C9H21NO3Si/c1-9(2,3)13-14-6-4-5-12-8(11)7-10/h4-7,10,14H2,1-3H3. The van der Waals surface area contributed by atoms with E-state index in [-0.39, 0.29) is 18.1 Å². The van der Waals surface area contributed by atoms with Crippen LogP contribution in [0.25, 0.3) is 0 Å². The largest absolute Gasteiger partial charge is 0.465 e. The molecule has 84 valence electrons. The monoisotopic (exact) mass is 219 g/mol. The van der Waals surface area contributed by atoms with E-state index in [4.69, 9.17) is 14.9 Å². The zero-order chi connectivity index (χ0) is 11.0. The maximum atomic E-state index is 10.6. The molecule has 0 saturated carbocycles. The van der Waals surface area contributed by atoms with Gasteiger partial charge in [-0.2, -0.15) is 0 Å². The highest BCUT2D eigenvalue weighted by Gasteiger charge is 2.08. The molecule has 0 bridgehead atoms. The molecule has 0 spiro atoms. The SMILES string of the molecule is CC(C)(C)O[SiH2]CCCOC(=O)CN. The van der Waals surface area contributed by atoms with Gasteiger partial charge in [0.15, 0.2) is 9.76 Å². The summed E-state index contributed by atoms with van der Waals surface area (Å²) in [5, 5.41) is 0. The molecule has 14 heavy (non-hydrogen) atoms. The van der Waals surface area contributed by atoms with Crippen LogP contribution in [0.4, 0.5) is 0 Å². The molecule has 0 radical (unpaired) electrons. The first-order chi connectivity index (χ1) is 6.45. The molecule has 0 heterocycles. The third-order valence-electron chi connectivity index (χ3n) is 1.50. The molecule has 0 aromatic rings. The fourth-order valence-corrected chi connectivity index (χ4v) is 1.99. The molecule has 5 heteroatoms. The highest BCUT2D eigenvalue weighted by Crippen LogP contribution is 2.06. The lowest BCUT2D eigenvalue weighted by Crippen LogP contribution is -2.22. The Bertz CT molecular complexity index is 168. The number of ether oxygens (including phenoxy) is 1. The summed E-state index contributed by atoms with van der Waals surface area (Å²) in [4.78, 5) is 10.6. The lowest BCUT2D eigenvalue weighted by atomic mass is 10.2. The van der Waals surface area contributed by atoms with Gasteiger partial charge < -0.3 is 14.9 Å². The fraction of sp³-hybridized carbons (Fsp3) is 0.889. The number of esters is 1. The predicted octanol–water partition coefficient (Wildman–Crippen LogP) is 0.196. The Morgan fingerprint density at radius 1 is 1.43 bits per heavy atom. The maximum absolute atomic E-state index is 10.6. The zero-order valence-electron chi connectivity index (χ0n) is 9.34. The molecule has 0 saturated heterocycles. The quantitative estimate of drug-likeness (QED) is 0.394. The van der Waals surface area contributed by atoms with E-state index in [1.807, 2.05) is 0 Å². The first kappa shape index (κ1) is 13.6. The van der Waals surface area contributed by atoms with Gasteiger partial charge >= 0.3 is 5.97 Å². The van der Waals surface area contributed by atoms with Crippen molar-refractivity contribution in [3.8, 4) is 0 Å². The summed E-state index contributed by atoms with van der Waals surface area (Å²) in [5.41, 5.74) is 5.05. The van der Waals surface area contributed by atoms with Gasteiger partial charge in [0.2, 0.25) is 0 Å². The van der Waals surface area contributed by atoms with E-state index in [2.05, 4.69) is 20.8 Å². The van der Waals surface area contributed by atoms with Gasteiger partial charge in [0.05, 0.1) is 13.2 Å². The molecular formula is C9H21NO3Si. The summed E-state index contributed by atoms with van der Waals surface area (Å²) in [7, 11) is -0.467. The molecule has 0 aliphatic carbocycles. The van der Waals surface area contributed by atoms with Crippen LogP contribution >= 0.6 is 0 Å². The summed E-state index contributed by atoms with van der Waals surface area (Å²) >= 11 is 0. The van der Waals surface area contributed by atoms with Gasteiger partial charge in [0.1, 0.15) is 0 Å². The highest BCUT2D eigenvalue weighted by atomic mass is 28.2. The summed E-state index contributed by atoms with van der Waals surface area (Å²) in [6, 6.07) is 1.04. The van der Waals surface area contributed by atoms with Crippen molar-refractivity contribution in [2.24, 2.45) is 5.73 Å². The Kier molecular flexibility index (Phi) is 6.78. The van der Waals surface area contributed by atoms with Crippen molar-refractivity contribution in [2.45, 2.75) is 38.8 Å². The number of hydrogen-bond donors (Lipinski definition) is 1. The molecule has 0 amide bonds. The Labute approximate surface area is 88.1 Å². The topological polar surface area (TPSA) is 61.5 Å². The van der Waals surface area contributed by atoms with Crippen molar-refractivity contribution in [1.29, 1.82) is 0 Å². The van der Waals surface area contributed by atoms with Gasteiger partial charge in [-0.15, -0.1) is 0 Å². The van der Waals surface area contributed by atoms with Crippen LogP contribution in [-0.2, 0) is 14.0 Å². The van der Waals surface area contributed by atoms with Gasteiger partial charge in [-0.05, 0) is 33.2 Å². The molecular weight excluding hydrogens is 198 g/mol. The normalized spacial score (nSPS) is 12.3. The van der Waals surface area contributed by atoms with Gasteiger partial charge in [-0.25, -0.2) is 0 Å². The number of rotatable bonds is 6. The minimum Gasteiger partial charge on any atom is -0.465 e. The van der Waals surface area contributed by atoms with Gasteiger partial charge in [-0.1, -0.05) is 0 Å². The van der Waals surface area contributed by atoms with E-state index < -0.39 is 9.76 Å². The lowest BCUT2D eigenvalue weighted by Gasteiger charge is -2.19. The second kappa shape index (κ2) is 6.97. The fourth-order valence-electron chi connectivity index (χ4n) is 0.827. The number of nitrogens with two attached hydrogens (primary N) is 1. The third-order valence-corrected chi connectivity index (χ3v) is 3.36. The average Bonchev–Trinajstić information content (AvgIpc) is 2.08. The Balaban J connectivity index is 3.18.